The molecule has 0 saturated carbocycles. The van der Waals surface area contributed by atoms with Crippen molar-refractivity contribution in [1.82, 2.24) is 4.90 Å². The Morgan fingerprint density at radius 1 is 0.737 bits per heavy atom. The number of carbonyl (C=O) groups excluding carboxylic acids is 3. The lowest BCUT2D eigenvalue weighted by molar-refractivity contribution is -0.141. The normalized spacial score (nSPS) is 17.4. The van der Waals surface area contributed by atoms with Gasteiger partial charge in [0.2, 0.25) is 11.8 Å². The van der Waals surface area contributed by atoms with E-state index in [1.807, 2.05) is 0 Å². The minimum absolute atomic E-state index is 0.00342. The third kappa shape index (κ3) is 14.2. The van der Waals surface area contributed by atoms with Crippen LogP contribution in [0.25, 0.3) is 0 Å². The largest absolute Gasteiger partial charge is 0.377 e. The Balaban J connectivity index is 2.35. The van der Waals surface area contributed by atoms with E-state index in [1.54, 1.807) is 0 Å². The van der Waals surface area contributed by atoms with Gasteiger partial charge in [0.05, 0.1) is 32.3 Å². The van der Waals surface area contributed by atoms with E-state index in [9.17, 15) is 14.4 Å². The van der Waals surface area contributed by atoms with Crippen LogP contribution in [-0.4, -0.2) is 55.5 Å². The number of likely N-dealkylation sites (tertiary alicyclic amines) is 1. The Bertz CT molecular complexity index is 637. The van der Waals surface area contributed by atoms with Gasteiger partial charge in [-0.2, -0.15) is 0 Å². The Morgan fingerprint density at radius 2 is 1.29 bits per heavy atom. The van der Waals surface area contributed by atoms with Crippen LogP contribution in [0.2, 0.25) is 0 Å². The molecule has 6 heteroatoms. The molecule has 0 aromatic heterocycles. The fourth-order valence-electron chi connectivity index (χ4n) is 5.56. The summed E-state index contributed by atoms with van der Waals surface area (Å²) in [7, 11) is 0. The predicted molar refractivity (Wildman–Crippen MR) is 155 cm³/mol. The third-order valence-electron chi connectivity index (χ3n) is 8.05. The maximum absolute atomic E-state index is 13.1. The highest BCUT2D eigenvalue weighted by Crippen LogP contribution is 2.33. The van der Waals surface area contributed by atoms with Crippen LogP contribution in [0.4, 0.5) is 0 Å². The maximum atomic E-state index is 13.1. The van der Waals surface area contributed by atoms with E-state index in [2.05, 4.69) is 27.7 Å². The zero-order valence-electron chi connectivity index (χ0n) is 25.3. The second-order valence-corrected chi connectivity index (χ2v) is 11.3. The van der Waals surface area contributed by atoms with Gasteiger partial charge in [0.15, 0.2) is 5.78 Å². The fourth-order valence-corrected chi connectivity index (χ4v) is 5.56. The molecular weight excluding hydrogens is 478 g/mol. The first-order chi connectivity index (χ1) is 18.5. The van der Waals surface area contributed by atoms with Crippen LogP contribution < -0.4 is 0 Å². The van der Waals surface area contributed by atoms with Crippen molar-refractivity contribution < 1.29 is 23.9 Å². The Hall–Kier alpha value is -1.27. The number of unbranched alkanes of at least 4 members (excludes halogenated alkanes) is 8. The highest BCUT2D eigenvalue weighted by molar-refractivity contribution is 6.03. The molecule has 2 amide bonds. The zero-order valence-corrected chi connectivity index (χ0v) is 25.3. The molecule has 1 rings (SSSR count). The lowest BCUT2D eigenvalue weighted by atomic mass is 9.82. The van der Waals surface area contributed by atoms with Gasteiger partial charge in [-0.3, -0.25) is 19.3 Å². The first kappa shape index (κ1) is 34.8. The van der Waals surface area contributed by atoms with Crippen molar-refractivity contribution in [3.05, 3.63) is 0 Å². The van der Waals surface area contributed by atoms with Gasteiger partial charge < -0.3 is 9.47 Å². The zero-order chi connectivity index (χ0) is 28.0. The smallest absolute Gasteiger partial charge is 0.233 e. The summed E-state index contributed by atoms with van der Waals surface area (Å²) in [6.07, 6.45) is 18.3. The topological polar surface area (TPSA) is 72.9 Å². The van der Waals surface area contributed by atoms with E-state index in [0.29, 0.717) is 38.7 Å². The van der Waals surface area contributed by atoms with Gasteiger partial charge in [0.1, 0.15) is 6.61 Å². The molecule has 3 unspecified atom stereocenters. The number of imide groups is 1. The van der Waals surface area contributed by atoms with E-state index < -0.39 is 0 Å². The van der Waals surface area contributed by atoms with Crippen molar-refractivity contribution in [2.45, 2.75) is 137 Å². The summed E-state index contributed by atoms with van der Waals surface area (Å²) in [4.78, 5) is 39.8. The van der Waals surface area contributed by atoms with Crippen molar-refractivity contribution in [2.75, 3.05) is 33.0 Å². The quantitative estimate of drug-likeness (QED) is 0.0843. The molecule has 0 aliphatic carbocycles. The van der Waals surface area contributed by atoms with E-state index in [1.165, 1.54) is 37.0 Å². The Morgan fingerprint density at radius 3 is 2.00 bits per heavy atom. The fraction of sp³-hybridized carbons (Fsp3) is 0.906. The Kier molecular flexibility index (Phi) is 20.6. The van der Waals surface area contributed by atoms with Crippen molar-refractivity contribution in [2.24, 2.45) is 17.8 Å². The second-order valence-electron chi connectivity index (χ2n) is 11.3. The van der Waals surface area contributed by atoms with Crippen molar-refractivity contribution in [3.8, 4) is 0 Å². The second kappa shape index (κ2) is 22.5. The number of Topliss-reactive ketones (excluding diaryl/α,β-unsaturated/α-hetero) is 1. The van der Waals surface area contributed by atoms with Crippen LogP contribution >= 0.6 is 0 Å². The summed E-state index contributed by atoms with van der Waals surface area (Å²) >= 11 is 0. The van der Waals surface area contributed by atoms with E-state index in [-0.39, 0.29) is 36.0 Å². The van der Waals surface area contributed by atoms with Gasteiger partial charge in [0.25, 0.3) is 0 Å². The van der Waals surface area contributed by atoms with E-state index in [4.69, 9.17) is 9.47 Å². The minimum atomic E-state index is -0.160. The van der Waals surface area contributed by atoms with Crippen LogP contribution in [-0.2, 0) is 23.9 Å². The van der Waals surface area contributed by atoms with Crippen molar-refractivity contribution in [1.29, 1.82) is 0 Å². The number of nitrogens with zero attached hydrogens (tertiary/aromatic N) is 1. The molecule has 0 N–H and O–H groups in total. The molecule has 38 heavy (non-hydrogen) atoms. The number of rotatable bonds is 26. The maximum Gasteiger partial charge on any atom is 0.233 e. The summed E-state index contributed by atoms with van der Waals surface area (Å²) in [5, 5.41) is 0. The van der Waals surface area contributed by atoms with Gasteiger partial charge in [0, 0.05) is 12.3 Å². The molecule has 1 heterocycles. The molecule has 3 atom stereocenters. The Labute approximate surface area is 234 Å². The van der Waals surface area contributed by atoms with Crippen molar-refractivity contribution >= 4 is 17.6 Å². The number of hydrogen-bond acceptors (Lipinski definition) is 5. The molecular formula is C32H59NO5. The standard InChI is InChI=1S/C32H59NO5/c1-5-9-13-14-16-19-27(17-11-7-3)29-25-31(35)33(32(29)36)21-22-37-23-24-38-26-30(34)28(18-12-8-4)20-15-10-6-2/h27-29H,5-26H2,1-4H3. The molecule has 6 nitrogen and oxygen atoms in total. The highest BCUT2D eigenvalue weighted by atomic mass is 16.5. The van der Waals surface area contributed by atoms with Gasteiger partial charge in [-0.15, -0.1) is 0 Å². The molecule has 1 saturated heterocycles. The molecule has 0 radical (unpaired) electrons. The molecule has 0 aromatic rings. The van der Waals surface area contributed by atoms with Crippen LogP contribution in [0.1, 0.15) is 137 Å². The van der Waals surface area contributed by atoms with E-state index in [0.717, 1.165) is 70.6 Å². The first-order valence-corrected chi connectivity index (χ1v) is 16.0. The number of ketones is 1. The molecule has 1 aliphatic rings. The molecule has 0 aromatic carbocycles. The molecule has 0 spiro atoms. The van der Waals surface area contributed by atoms with Gasteiger partial charge in [-0.05, 0) is 31.6 Å². The molecule has 1 aliphatic heterocycles. The summed E-state index contributed by atoms with van der Waals surface area (Å²) < 4.78 is 11.3. The highest BCUT2D eigenvalue weighted by Gasteiger charge is 2.41. The average Bonchev–Trinajstić information content (AvgIpc) is 3.19. The molecule has 222 valence electrons. The minimum Gasteiger partial charge on any atom is -0.377 e. The summed E-state index contributed by atoms with van der Waals surface area (Å²) in [6, 6.07) is 0. The summed E-state index contributed by atoms with van der Waals surface area (Å²) in [6.45, 7) is 10.2. The third-order valence-corrected chi connectivity index (χ3v) is 8.05. The number of amides is 2. The number of carbonyl (C=O) groups is 3. The average molecular weight is 538 g/mol. The van der Waals surface area contributed by atoms with Gasteiger partial charge >= 0.3 is 0 Å². The molecule has 1 fully saturated rings. The lowest BCUT2D eigenvalue weighted by Gasteiger charge is -2.22. The van der Waals surface area contributed by atoms with Crippen LogP contribution in [0.5, 0.6) is 0 Å². The van der Waals surface area contributed by atoms with Gasteiger partial charge in [-0.1, -0.05) is 105 Å². The predicted octanol–water partition coefficient (Wildman–Crippen LogP) is 7.52. The number of ether oxygens (including phenoxy) is 2. The first-order valence-electron chi connectivity index (χ1n) is 16.0. The SMILES string of the molecule is CCCCCCCC(CCCC)C1CC(=O)N(CCOCCOCC(=O)C(CCCC)CCCCC)C1=O. The number of hydrogen-bond donors (Lipinski definition) is 0. The van der Waals surface area contributed by atoms with Crippen LogP contribution in [0, 0.1) is 17.8 Å². The van der Waals surface area contributed by atoms with Crippen molar-refractivity contribution in [3.63, 3.8) is 0 Å². The van der Waals surface area contributed by atoms with Gasteiger partial charge in [-0.25, -0.2) is 0 Å². The summed E-state index contributed by atoms with van der Waals surface area (Å²) in [5.74, 6) is 0.410. The summed E-state index contributed by atoms with van der Waals surface area (Å²) in [5.41, 5.74) is 0. The van der Waals surface area contributed by atoms with Crippen LogP contribution in [0.15, 0.2) is 0 Å². The van der Waals surface area contributed by atoms with E-state index >= 15 is 0 Å². The lowest BCUT2D eigenvalue weighted by Crippen LogP contribution is -2.35. The van der Waals surface area contributed by atoms with Crippen LogP contribution in [0.3, 0.4) is 0 Å². The molecule has 0 bridgehead atoms. The monoisotopic (exact) mass is 537 g/mol.